The lowest BCUT2D eigenvalue weighted by Crippen LogP contribution is -2.34. The summed E-state index contributed by atoms with van der Waals surface area (Å²) in [5.41, 5.74) is 2.68. The van der Waals surface area contributed by atoms with Crippen LogP contribution in [0.2, 0.25) is 0 Å². The van der Waals surface area contributed by atoms with Crippen LogP contribution in [0.25, 0.3) is 0 Å². The van der Waals surface area contributed by atoms with Gasteiger partial charge in [0.15, 0.2) is 0 Å². The van der Waals surface area contributed by atoms with Gasteiger partial charge in [-0.05, 0) is 43.9 Å². The summed E-state index contributed by atoms with van der Waals surface area (Å²) in [6.07, 6.45) is 0. The molecule has 27 heavy (non-hydrogen) atoms. The monoisotopic (exact) mass is 371 g/mol. The van der Waals surface area contributed by atoms with Gasteiger partial charge in [0, 0.05) is 26.3 Å². The molecule has 1 atom stereocenters. The molecule has 6 nitrogen and oxygen atoms in total. The van der Waals surface area contributed by atoms with Crippen LogP contribution in [-0.2, 0) is 0 Å². The summed E-state index contributed by atoms with van der Waals surface area (Å²) in [4.78, 5) is 17.0. The smallest absolute Gasteiger partial charge is 0.258 e. The number of methoxy groups -OCH3 is 2. The lowest BCUT2D eigenvalue weighted by Gasteiger charge is -2.26. The Morgan fingerprint density at radius 3 is 1.96 bits per heavy atom. The number of amides is 1. The summed E-state index contributed by atoms with van der Waals surface area (Å²) in [7, 11) is 11.1. The van der Waals surface area contributed by atoms with Crippen LogP contribution < -0.4 is 19.7 Å². The number of carbonyl (C=O) groups excluding carboxylic acids is 1. The van der Waals surface area contributed by atoms with Crippen LogP contribution in [0.4, 0.5) is 5.69 Å². The topological polar surface area (TPSA) is 54.0 Å². The van der Waals surface area contributed by atoms with E-state index in [1.807, 2.05) is 28.2 Å². The van der Waals surface area contributed by atoms with Crippen LogP contribution in [0.15, 0.2) is 42.5 Å². The first-order valence-electron chi connectivity index (χ1n) is 8.82. The fourth-order valence-corrected chi connectivity index (χ4v) is 2.95. The number of ether oxygens (including phenoxy) is 2. The molecule has 0 saturated carbocycles. The second-order valence-corrected chi connectivity index (χ2v) is 6.71. The van der Waals surface area contributed by atoms with Crippen molar-refractivity contribution in [3.05, 3.63) is 53.6 Å². The van der Waals surface area contributed by atoms with Crippen molar-refractivity contribution < 1.29 is 14.3 Å². The molecular weight excluding hydrogens is 342 g/mol. The molecule has 0 radical (unpaired) electrons. The van der Waals surface area contributed by atoms with E-state index in [0.717, 1.165) is 11.3 Å². The van der Waals surface area contributed by atoms with Gasteiger partial charge in [0.2, 0.25) is 0 Å². The van der Waals surface area contributed by atoms with Crippen molar-refractivity contribution in [2.75, 3.05) is 53.9 Å². The van der Waals surface area contributed by atoms with Gasteiger partial charge < -0.3 is 24.6 Å². The maximum atomic E-state index is 12.8. The Morgan fingerprint density at radius 1 is 0.963 bits per heavy atom. The molecule has 0 aliphatic heterocycles. The van der Waals surface area contributed by atoms with Gasteiger partial charge >= 0.3 is 0 Å². The lowest BCUT2D eigenvalue weighted by atomic mass is 10.0. The number of carbonyl (C=O) groups is 1. The van der Waals surface area contributed by atoms with Crippen molar-refractivity contribution in [3.63, 3.8) is 0 Å². The van der Waals surface area contributed by atoms with Gasteiger partial charge in [0.1, 0.15) is 17.1 Å². The maximum Gasteiger partial charge on any atom is 0.258 e. The third kappa shape index (κ3) is 4.92. The largest absolute Gasteiger partial charge is 0.496 e. The normalized spacial score (nSPS) is 11.8. The quantitative estimate of drug-likeness (QED) is 0.773. The lowest BCUT2D eigenvalue weighted by molar-refractivity contribution is 0.0935. The molecule has 0 spiro atoms. The number of hydrogen-bond acceptors (Lipinski definition) is 5. The highest BCUT2D eigenvalue weighted by Gasteiger charge is 2.21. The molecule has 2 aromatic rings. The van der Waals surface area contributed by atoms with Crippen LogP contribution in [0.5, 0.6) is 11.5 Å². The third-order valence-corrected chi connectivity index (χ3v) is 4.53. The molecule has 1 amide bonds. The highest BCUT2D eigenvalue weighted by atomic mass is 16.5. The number of benzene rings is 2. The van der Waals surface area contributed by atoms with E-state index in [1.165, 1.54) is 0 Å². The van der Waals surface area contributed by atoms with Crippen molar-refractivity contribution >= 4 is 11.6 Å². The SMILES string of the molecule is COc1cccc(OC)c1C(=O)NC[C@@H](c1ccc(N(C)C)cc1)N(C)C. The molecule has 1 N–H and O–H groups in total. The molecule has 0 saturated heterocycles. The predicted octanol–water partition coefficient (Wildman–Crippen LogP) is 2.80. The Bertz CT molecular complexity index is 736. The van der Waals surface area contributed by atoms with Crippen LogP contribution in [0.1, 0.15) is 22.0 Å². The molecule has 0 heterocycles. The van der Waals surface area contributed by atoms with E-state index in [-0.39, 0.29) is 11.9 Å². The minimum absolute atomic E-state index is 0.0471. The maximum absolute atomic E-state index is 12.8. The van der Waals surface area contributed by atoms with Crippen molar-refractivity contribution in [2.24, 2.45) is 0 Å². The highest BCUT2D eigenvalue weighted by molar-refractivity contribution is 5.99. The summed E-state index contributed by atoms with van der Waals surface area (Å²) in [6, 6.07) is 13.7. The Morgan fingerprint density at radius 2 is 1.52 bits per heavy atom. The van der Waals surface area contributed by atoms with Crippen LogP contribution in [0.3, 0.4) is 0 Å². The Labute approximate surface area is 161 Å². The molecule has 6 heteroatoms. The fourth-order valence-electron chi connectivity index (χ4n) is 2.95. The van der Waals surface area contributed by atoms with E-state index in [1.54, 1.807) is 32.4 Å². The summed E-state index contributed by atoms with van der Waals surface area (Å²) in [5.74, 6) is 0.758. The number of nitrogens with zero attached hydrogens (tertiary/aromatic N) is 2. The zero-order chi connectivity index (χ0) is 20.0. The summed E-state index contributed by atoms with van der Waals surface area (Å²) < 4.78 is 10.7. The van der Waals surface area contributed by atoms with Gasteiger partial charge in [-0.3, -0.25) is 4.79 Å². The first kappa shape index (κ1) is 20.6. The Kier molecular flexibility index (Phi) is 7.07. The first-order valence-corrected chi connectivity index (χ1v) is 8.82. The fraction of sp³-hybridized carbons (Fsp3) is 0.381. The van der Waals surface area contributed by atoms with Gasteiger partial charge in [0.05, 0.1) is 20.3 Å². The number of hydrogen-bond donors (Lipinski definition) is 1. The number of likely N-dealkylation sites (N-methyl/N-ethyl adjacent to an activating group) is 1. The Balaban J connectivity index is 2.18. The Hall–Kier alpha value is -2.73. The molecule has 0 bridgehead atoms. The van der Waals surface area contributed by atoms with Gasteiger partial charge in [-0.1, -0.05) is 18.2 Å². The van der Waals surface area contributed by atoms with Crippen molar-refractivity contribution in [3.8, 4) is 11.5 Å². The van der Waals surface area contributed by atoms with E-state index in [9.17, 15) is 4.79 Å². The molecule has 0 unspecified atom stereocenters. The molecule has 2 rings (SSSR count). The summed E-state index contributed by atoms with van der Waals surface area (Å²) in [6.45, 7) is 0.467. The molecule has 2 aromatic carbocycles. The zero-order valence-electron chi connectivity index (χ0n) is 16.9. The van der Waals surface area contributed by atoms with Crippen LogP contribution >= 0.6 is 0 Å². The van der Waals surface area contributed by atoms with Crippen molar-refractivity contribution in [1.29, 1.82) is 0 Å². The van der Waals surface area contributed by atoms with Gasteiger partial charge in [-0.2, -0.15) is 0 Å². The van der Waals surface area contributed by atoms with Gasteiger partial charge in [0.25, 0.3) is 5.91 Å². The highest BCUT2D eigenvalue weighted by Crippen LogP contribution is 2.28. The van der Waals surface area contributed by atoms with Crippen molar-refractivity contribution in [1.82, 2.24) is 10.2 Å². The second kappa shape index (κ2) is 9.28. The average Bonchev–Trinajstić information content (AvgIpc) is 2.67. The van der Waals surface area contributed by atoms with E-state index in [0.29, 0.717) is 23.6 Å². The number of anilines is 1. The minimum Gasteiger partial charge on any atom is -0.496 e. The number of rotatable bonds is 8. The average molecular weight is 371 g/mol. The summed E-state index contributed by atoms with van der Waals surface area (Å²) in [5, 5.41) is 3.01. The minimum atomic E-state index is -0.221. The molecule has 0 aliphatic carbocycles. The van der Waals surface area contributed by atoms with E-state index >= 15 is 0 Å². The summed E-state index contributed by atoms with van der Waals surface area (Å²) >= 11 is 0. The molecule has 0 fully saturated rings. The van der Waals surface area contributed by atoms with Gasteiger partial charge in [-0.25, -0.2) is 0 Å². The number of nitrogens with one attached hydrogen (secondary N) is 1. The van der Waals surface area contributed by atoms with Crippen LogP contribution in [0, 0.1) is 0 Å². The molecule has 0 aromatic heterocycles. The van der Waals surface area contributed by atoms with E-state index in [2.05, 4.69) is 39.4 Å². The standard InChI is InChI=1S/C21H29N3O3/c1-23(2)16-12-10-15(11-13-16)17(24(3)4)14-22-21(25)20-18(26-5)8-7-9-19(20)27-6/h7-13,17H,14H2,1-6H3,(H,22,25)/t17-/m0/s1. The first-order chi connectivity index (χ1) is 12.9. The molecular formula is C21H29N3O3. The van der Waals surface area contributed by atoms with E-state index in [4.69, 9.17) is 9.47 Å². The second-order valence-electron chi connectivity index (χ2n) is 6.71. The zero-order valence-corrected chi connectivity index (χ0v) is 16.9. The van der Waals surface area contributed by atoms with Crippen LogP contribution in [-0.4, -0.2) is 59.8 Å². The molecule has 0 aliphatic rings. The van der Waals surface area contributed by atoms with Gasteiger partial charge in [-0.15, -0.1) is 0 Å². The van der Waals surface area contributed by atoms with Crippen molar-refractivity contribution in [2.45, 2.75) is 6.04 Å². The molecule has 146 valence electrons. The third-order valence-electron chi connectivity index (χ3n) is 4.53. The van der Waals surface area contributed by atoms with E-state index < -0.39 is 0 Å². The predicted molar refractivity (Wildman–Crippen MR) is 109 cm³/mol.